The molecule has 1 aliphatic carbocycles. The van der Waals surface area contributed by atoms with Crippen molar-refractivity contribution in [2.45, 2.75) is 62.7 Å². The van der Waals surface area contributed by atoms with Gasteiger partial charge in [0, 0.05) is 23.5 Å². The van der Waals surface area contributed by atoms with E-state index in [-0.39, 0.29) is 11.9 Å². The predicted octanol–water partition coefficient (Wildman–Crippen LogP) is 2.74. The van der Waals surface area contributed by atoms with Crippen LogP contribution in [0.15, 0.2) is 24.3 Å². The summed E-state index contributed by atoms with van der Waals surface area (Å²) in [5.41, 5.74) is 1.67. The van der Waals surface area contributed by atoms with E-state index in [0.29, 0.717) is 23.8 Å². The van der Waals surface area contributed by atoms with E-state index in [1.165, 1.54) is 12.8 Å². The van der Waals surface area contributed by atoms with Crippen molar-refractivity contribution in [3.05, 3.63) is 30.0 Å². The van der Waals surface area contributed by atoms with Gasteiger partial charge in [0.15, 0.2) is 5.69 Å². The van der Waals surface area contributed by atoms with Crippen molar-refractivity contribution in [1.29, 1.82) is 0 Å². The zero-order chi connectivity index (χ0) is 18.4. The Morgan fingerprint density at radius 1 is 1.11 bits per heavy atom. The zero-order valence-corrected chi connectivity index (χ0v) is 15.9. The highest BCUT2D eigenvalue weighted by Crippen LogP contribution is 2.33. The zero-order valence-electron chi connectivity index (χ0n) is 15.9. The number of piperidine rings is 1. The number of fused-ring (bicyclic) bond motifs is 3. The quantitative estimate of drug-likeness (QED) is 0.905. The molecule has 1 amide bonds. The lowest BCUT2D eigenvalue weighted by Crippen LogP contribution is -2.59. The minimum Gasteiger partial charge on any atom is -0.378 e. The van der Waals surface area contributed by atoms with Crippen molar-refractivity contribution in [1.82, 2.24) is 20.0 Å². The summed E-state index contributed by atoms with van der Waals surface area (Å²) in [6.07, 6.45) is 6.71. The minimum absolute atomic E-state index is 0.0310. The number of rotatable bonds is 3. The smallest absolute Gasteiger partial charge is 0.272 e. The van der Waals surface area contributed by atoms with Gasteiger partial charge >= 0.3 is 0 Å². The third kappa shape index (κ3) is 3.05. The fourth-order valence-corrected chi connectivity index (χ4v) is 5.15. The van der Waals surface area contributed by atoms with Crippen LogP contribution in [-0.2, 0) is 4.74 Å². The number of hydrogen-bond donors (Lipinski definition) is 1. The maximum atomic E-state index is 13.1. The fourth-order valence-electron chi connectivity index (χ4n) is 5.15. The molecule has 3 heterocycles. The molecule has 2 unspecified atom stereocenters. The van der Waals surface area contributed by atoms with Crippen molar-refractivity contribution in [2.24, 2.45) is 0 Å². The van der Waals surface area contributed by atoms with Gasteiger partial charge in [-0.2, -0.15) is 5.10 Å². The monoisotopic (exact) mass is 368 g/mol. The van der Waals surface area contributed by atoms with Crippen molar-refractivity contribution in [3.8, 4) is 0 Å². The Hall–Kier alpha value is -1.92. The first-order valence-electron chi connectivity index (χ1n) is 10.3. The van der Waals surface area contributed by atoms with Crippen molar-refractivity contribution in [2.75, 3.05) is 20.3 Å². The molecule has 3 fully saturated rings. The molecule has 0 radical (unpaired) electrons. The number of carbonyl (C=O) groups excluding carboxylic acids is 1. The lowest BCUT2D eigenvalue weighted by atomic mass is 9.90. The summed E-state index contributed by atoms with van der Waals surface area (Å²) < 4.78 is 7.80. The normalized spacial score (nSPS) is 29.3. The second-order valence-corrected chi connectivity index (χ2v) is 8.40. The van der Waals surface area contributed by atoms with Gasteiger partial charge in [0.1, 0.15) is 0 Å². The van der Waals surface area contributed by atoms with Gasteiger partial charge in [-0.05, 0) is 38.8 Å². The molecule has 2 aromatic rings. The molecule has 2 atom stereocenters. The van der Waals surface area contributed by atoms with E-state index in [1.807, 2.05) is 18.2 Å². The molecule has 1 aromatic carbocycles. The van der Waals surface area contributed by atoms with Crippen molar-refractivity contribution >= 4 is 16.8 Å². The summed E-state index contributed by atoms with van der Waals surface area (Å²) >= 11 is 0. The second kappa shape index (κ2) is 6.91. The van der Waals surface area contributed by atoms with Crippen LogP contribution in [-0.4, -0.2) is 59.0 Å². The molecule has 27 heavy (non-hydrogen) atoms. The summed E-state index contributed by atoms with van der Waals surface area (Å²) in [7, 11) is 2.17. The molecule has 5 rings (SSSR count). The first-order valence-corrected chi connectivity index (χ1v) is 10.3. The highest BCUT2D eigenvalue weighted by Gasteiger charge is 2.37. The summed E-state index contributed by atoms with van der Waals surface area (Å²) in [4.78, 5) is 15.5. The average Bonchev–Trinajstić information content (AvgIpc) is 3.30. The Morgan fingerprint density at radius 2 is 1.81 bits per heavy atom. The standard InChI is InChI=1S/C21H28N4O2/c1-24-16-10-14(11-17(24)13-27-12-16)22-21(26)20-18-8-4-5-9-19(18)25(23-20)15-6-2-3-7-15/h4-5,8-9,14-17H,2-3,6-7,10-13H2,1H3,(H,22,26). The minimum atomic E-state index is -0.0310. The van der Waals surface area contributed by atoms with Gasteiger partial charge in [0.05, 0.1) is 24.8 Å². The van der Waals surface area contributed by atoms with E-state index in [2.05, 4.69) is 28.0 Å². The fraction of sp³-hybridized carbons (Fsp3) is 0.619. The molecule has 6 nitrogen and oxygen atoms in total. The molecule has 3 aliphatic rings. The maximum Gasteiger partial charge on any atom is 0.272 e. The van der Waals surface area contributed by atoms with Crippen LogP contribution < -0.4 is 5.32 Å². The van der Waals surface area contributed by atoms with E-state index < -0.39 is 0 Å². The lowest BCUT2D eigenvalue weighted by molar-refractivity contribution is -0.0670. The second-order valence-electron chi connectivity index (χ2n) is 8.40. The molecule has 2 bridgehead atoms. The number of carbonyl (C=O) groups is 1. The number of likely N-dealkylation sites (N-methyl/N-ethyl adjacent to an activating group) is 1. The predicted molar refractivity (Wildman–Crippen MR) is 104 cm³/mol. The Morgan fingerprint density at radius 3 is 2.56 bits per heavy atom. The summed E-state index contributed by atoms with van der Waals surface area (Å²) in [5, 5.41) is 9.05. The SMILES string of the molecule is CN1C2COCC1CC(NC(=O)c1nn(C3CCCC3)c3ccccc13)C2. The molecule has 1 N–H and O–H groups in total. The Kier molecular flexibility index (Phi) is 4.40. The van der Waals surface area contributed by atoms with Gasteiger partial charge in [-0.15, -0.1) is 0 Å². The van der Waals surface area contributed by atoms with Gasteiger partial charge in [-0.1, -0.05) is 31.0 Å². The summed E-state index contributed by atoms with van der Waals surface area (Å²) in [6, 6.07) is 9.58. The van der Waals surface area contributed by atoms with E-state index in [0.717, 1.165) is 49.8 Å². The van der Waals surface area contributed by atoms with Gasteiger partial charge in [0.2, 0.25) is 0 Å². The number of para-hydroxylation sites is 1. The van der Waals surface area contributed by atoms with E-state index in [1.54, 1.807) is 0 Å². The number of nitrogens with one attached hydrogen (secondary N) is 1. The molecule has 1 saturated carbocycles. The number of ether oxygens (including phenoxy) is 1. The summed E-state index contributed by atoms with van der Waals surface area (Å²) in [6.45, 7) is 1.53. The van der Waals surface area contributed by atoms with Crippen LogP contribution in [0.1, 0.15) is 55.1 Å². The molecule has 1 aromatic heterocycles. The maximum absolute atomic E-state index is 13.1. The molecule has 2 aliphatic heterocycles. The highest BCUT2D eigenvalue weighted by molar-refractivity contribution is 6.05. The van der Waals surface area contributed by atoms with Crippen LogP contribution in [0.3, 0.4) is 0 Å². The molecule has 2 saturated heterocycles. The van der Waals surface area contributed by atoms with Crippen molar-refractivity contribution in [3.63, 3.8) is 0 Å². The van der Waals surface area contributed by atoms with Crippen LogP contribution in [0.4, 0.5) is 0 Å². The molecule has 0 spiro atoms. The first-order chi connectivity index (χ1) is 13.2. The van der Waals surface area contributed by atoms with E-state index >= 15 is 0 Å². The van der Waals surface area contributed by atoms with Crippen molar-refractivity contribution < 1.29 is 9.53 Å². The van der Waals surface area contributed by atoms with Gasteiger partial charge in [-0.25, -0.2) is 0 Å². The molecular weight excluding hydrogens is 340 g/mol. The van der Waals surface area contributed by atoms with Gasteiger partial charge in [-0.3, -0.25) is 14.4 Å². The third-order valence-corrected chi connectivity index (χ3v) is 6.72. The molecule has 144 valence electrons. The Labute approximate surface area is 159 Å². The van der Waals surface area contributed by atoms with Crippen LogP contribution in [0.25, 0.3) is 10.9 Å². The van der Waals surface area contributed by atoms with Gasteiger partial charge in [0.25, 0.3) is 5.91 Å². The van der Waals surface area contributed by atoms with Gasteiger partial charge < -0.3 is 10.1 Å². The highest BCUT2D eigenvalue weighted by atomic mass is 16.5. The van der Waals surface area contributed by atoms with E-state index in [4.69, 9.17) is 9.84 Å². The Bertz CT molecular complexity index is 828. The summed E-state index contributed by atoms with van der Waals surface area (Å²) in [5.74, 6) is -0.0310. The number of benzene rings is 1. The van der Waals surface area contributed by atoms with Crippen LogP contribution in [0, 0.1) is 0 Å². The average molecular weight is 368 g/mol. The van der Waals surface area contributed by atoms with Crippen LogP contribution >= 0.6 is 0 Å². The number of nitrogens with zero attached hydrogens (tertiary/aromatic N) is 3. The van der Waals surface area contributed by atoms with E-state index in [9.17, 15) is 4.79 Å². The molecular formula is C21H28N4O2. The number of amides is 1. The largest absolute Gasteiger partial charge is 0.378 e. The Balaban J connectivity index is 1.39. The lowest BCUT2D eigenvalue weighted by Gasteiger charge is -2.46. The third-order valence-electron chi connectivity index (χ3n) is 6.72. The number of hydrogen-bond acceptors (Lipinski definition) is 4. The van der Waals surface area contributed by atoms with Crippen LogP contribution in [0.5, 0.6) is 0 Å². The first kappa shape index (κ1) is 17.2. The topological polar surface area (TPSA) is 59.4 Å². The molecule has 6 heteroatoms. The number of aromatic nitrogens is 2. The van der Waals surface area contributed by atoms with Crippen LogP contribution in [0.2, 0.25) is 0 Å². The number of morpholine rings is 1.